The maximum absolute atomic E-state index is 14.0. The topological polar surface area (TPSA) is 400 Å². The summed E-state index contributed by atoms with van der Waals surface area (Å²) in [5.41, 5.74) is 22.4. The first-order valence-corrected chi connectivity index (χ1v) is 23.7. The maximum atomic E-state index is 14.0. The van der Waals surface area contributed by atoms with Crippen LogP contribution in [0.1, 0.15) is 78.2 Å². The molecular formula is C43H68N12O12S2. The number of rotatable bonds is 29. The van der Waals surface area contributed by atoms with Gasteiger partial charge in [-0.1, -0.05) is 46.2 Å². The highest BCUT2D eigenvalue weighted by molar-refractivity contribution is 7.80. The number of phenols is 1. The molecule has 1 saturated heterocycles. The molecule has 1 aliphatic heterocycles. The highest BCUT2D eigenvalue weighted by Crippen LogP contribution is 2.20. The van der Waals surface area contributed by atoms with Crippen molar-refractivity contribution in [2.24, 2.45) is 34.8 Å². The smallest absolute Gasteiger partial charge is 0.246 e. The fourth-order valence-electron chi connectivity index (χ4n) is 7.12. The van der Waals surface area contributed by atoms with Gasteiger partial charge in [-0.05, 0) is 55.2 Å². The molecular weight excluding hydrogens is 941 g/mol. The standard InChI is InChI=1S/C43H68N12O12S2/c1-5-22(4)35(54-40(64)28(50-36(60)25(44)19-68)16-23-8-10-24(56)11-9-23)42(66)49-26(12-13-32(45)57)38(62)51-29(17-33(46)58)39(63)53-30(20-69)43(67)55-14-6-7-31(55)41(65)52-27(15-21(2)3)37(61)48-18-34(47)59/h8-11,21-22,25-31,35,56,68-69H,5-7,12-20,44H2,1-4H3,(H2,45,57)(H2,46,58)(H2,47,59)(H,48,61)(H,49,66)(H,50,60)(H,51,62)(H,52,65)(H,53,63)(H,54,64)/t22-,25-,26-,27-,28-,29-,30-,31-,35-/m0/s1. The summed E-state index contributed by atoms with van der Waals surface area (Å²) in [5, 5.41) is 27.2. The molecule has 1 fully saturated rings. The van der Waals surface area contributed by atoms with Gasteiger partial charge in [0.25, 0.3) is 0 Å². The highest BCUT2D eigenvalue weighted by Gasteiger charge is 2.40. The number of thiol groups is 2. The van der Waals surface area contributed by atoms with Gasteiger partial charge in [-0.25, -0.2) is 0 Å². The van der Waals surface area contributed by atoms with Crippen molar-refractivity contribution < 1.29 is 57.8 Å². The van der Waals surface area contributed by atoms with Crippen molar-refractivity contribution in [3.8, 4) is 5.75 Å². The first-order valence-electron chi connectivity index (χ1n) is 22.4. The second-order valence-electron chi connectivity index (χ2n) is 17.2. The molecule has 1 aromatic carbocycles. The summed E-state index contributed by atoms with van der Waals surface area (Å²) in [4.78, 5) is 145. The van der Waals surface area contributed by atoms with Crippen LogP contribution in [0.25, 0.3) is 0 Å². The predicted octanol–water partition coefficient (Wildman–Crippen LogP) is -4.14. The largest absolute Gasteiger partial charge is 0.508 e. The van der Waals surface area contributed by atoms with Gasteiger partial charge in [0.15, 0.2) is 0 Å². The van der Waals surface area contributed by atoms with Crippen LogP contribution in [-0.4, -0.2) is 148 Å². The van der Waals surface area contributed by atoms with E-state index >= 15 is 0 Å². The molecule has 0 bridgehead atoms. The first-order chi connectivity index (χ1) is 32.4. The van der Waals surface area contributed by atoms with Gasteiger partial charge < -0.3 is 70.2 Å². The van der Waals surface area contributed by atoms with Crippen LogP contribution in [0.3, 0.4) is 0 Å². The molecule has 11 amide bonds. The van der Waals surface area contributed by atoms with E-state index in [2.05, 4.69) is 62.5 Å². The average Bonchev–Trinajstić information content (AvgIpc) is 3.79. The Morgan fingerprint density at radius 2 is 1.28 bits per heavy atom. The Balaban J connectivity index is 2.34. The van der Waals surface area contributed by atoms with Crippen molar-refractivity contribution in [2.45, 2.75) is 127 Å². The monoisotopic (exact) mass is 1010 g/mol. The lowest BCUT2D eigenvalue weighted by atomic mass is 9.96. The molecule has 384 valence electrons. The molecule has 0 unspecified atom stereocenters. The number of aromatic hydroxyl groups is 1. The summed E-state index contributed by atoms with van der Waals surface area (Å²) in [7, 11) is 0. The molecule has 16 N–H and O–H groups in total. The molecule has 1 aliphatic rings. The van der Waals surface area contributed by atoms with Crippen molar-refractivity contribution >= 4 is 90.2 Å². The fraction of sp³-hybridized carbons (Fsp3) is 0.605. The van der Waals surface area contributed by atoms with E-state index in [0.717, 1.165) is 0 Å². The van der Waals surface area contributed by atoms with E-state index in [4.69, 9.17) is 22.9 Å². The summed E-state index contributed by atoms with van der Waals surface area (Å²) < 4.78 is 0. The SMILES string of the molecule is CC[C@H](C)[C@H](NC(=O)[C@H](Cc1ccc(O)cc1)NC(=O)[C@@H](N)CS)C(=O)N[C@@H](CCC(N)=O)C(=O)N[C@@H](CC(N)=O)C(=O)N[C@@H](CS)C(=O)N1CCC[C@H]1C(=O)N[C@@H](CC(C)C)C(=O)NCC(N)=O. The first kappa shape index (κ1) is 59.0. The Bertz CT molecular complexity index is 2010. The van der Waals surface area contributed by atoms with Crippen LogP contribution in [0, 0.1) is 11.8 Å². The number of nitrogens with two attached hydrogens (primary N) is 4. The van der Waals surface area contributed by atoms with Gasteiger partial charge in [-0.3, -0.25) is 52.7 Å². The molecule has 24 nitrogen and oxygen atoms in total. The Hall–Kier alpha value is -6.15. The Morgan fingerprint density at radius 3 is 1.83 bits per heavy atom. The third-order valence-electron chi connectivity index (χ3n) is 11.1. The normalized spacial score (nSPS) is 16.8. The summed E-state index contributed by atoms with van der Waals surface area (Å²) >= 11 is 8.28. The quantitative estimate of drug-likeness (QED) is 0.0340. The predicted molar refractivity (Wildman–Crippen MR) is 257 cm³/mol. The van der Waals surface area contributed by atoms with Crippen LogP contribution in [0.5, 0.6) is 5.75 Å². The van der Waals surface area contributed by atoms with Gasteiger partial charge in [0.2, 0.25) is 65.0 Å². The lowest BCUT2D eigenvalue weighted by Crippen LogP contribution is -2.61. The van der Waals surface area contributed by atoms with Gasteiger partial charge in [0.05, 0.1) is 19.0 Å². The van der Waals surface area contributed by atoms with Gasteiger partial charge >= 0.3 is 0 Å². The Kier molecular flexibility index (Phi) is 24.8. The van der Waals surface area contributed by atoms with E-state index in [0.29, 0.717) is 18.4 Å². The number of amides is 11. The van der Waals surface area contributed by atoms with Gasteiger partial charge in [-0.15, -0.1) is 0 Å². The van der Waals surface area contributed by atoms with E-state index in [9.17, 15) is 57.8 Å². The fourth-order valence-corrected chi connectivity index (χ4v) is 7.54. The van der Waals surface area contributed by atoms with E-state index in [1.54, 1.807) is 13.8 Å². The van der Waals surface area contributed by atoms with E-state index in [1.165, 1.54) is 29.2 Å². The maximum Gasteiger partial charge on any atom is 0.246 e. The third kappa shape index (κ3) is 19.8. The number of benzene rings is 1. The van der Waals surface area contributed by atoms with Crippen molar-refractivity contribution in [1.29, 1.82) is 0 Å². The molecule has 0 radical (unpaired) electrons. The van der Waals surface area contributed by atoms with Crippen molar-refractivity contribution in [1.82, 2.24) is 42.1 Å². The minimum atomic E-state index is -1.76. The minimum Gasteiger partial charge on any atom is -0.508 e. The zero-order chi connectivity index (χ0) is 52.1. The number of phenolic OH excluding ortho intramolecular Hbond substituents is 1. The van der Waals surface area contributed by atoms with Gasteiger partial charge in [0.1, 0.15) is 48.0 Å². The van der Waals surface area contributed by atoms with Gasteiger partial charge in [-0.2, -0.15) is 25.3 Å². The molecule has 0 aromatic heterocycles. The summed E-state index contributed by atoms with van der Waals surface area (Å²) in [6, 6.07) is -4.84. The van der Waals surface area contributed by atoms with Crippen molar-refractivity contribution in [3.05, 3.63) is 29.8 Å². The lowest BCUT2D eigenvalue weighted by Gasteiger charge is -2.30. The number of likely N-dealkylation sites (tertiary alicyclic amines) is 1. The molecule has 1 aromatic rings. The molecule has 2 rings (SSSR count). The van der Waals surface area contributed by atoms with Gasteiger partial charge in [0, 0.05) is 30.9 Å². The number of nitrogens with zero attached hydrogens (tertiary/aromatic N) is 1. The van der Waals surface area contributed by atoms with Crippen molar-refractivity contribution in [3.63, 3.8) is 0 Å². The van der Waals surface area contributed by atoms with Crippen LogP contribution in [0.2, 0.25) is 0 Å². The molecule has 0 aliphatic carbocycles. The third-order valence-corrected chi connectivity index (χ3v) is 11.9. The number of hydrogen-bond acceptors (Lipinski definition) is 15. The lowest BCUT2D eigenvalue weighted by molar-refractivity contribution is -0.142. The number of carbonyl (C=O) groups excluding carboxylic acids is 11. The highest BCUT2D eigenvalue weighted by atomic mass is 32.1. The van der Waals surface area contributed by atoms with Crippen LogP contribution in [0.4, 0.5) is 0 Å². The summed E-state index contributed by atoms with van der Waals surface area (Å²) in [5.74, 6) is -10.5. The molecule has 1 heterocycles. The average molecular weight is 1010 g/mol. The molecule has 0 saturated carbocycles. The van der Waals surface area contributed by atoms with E-state index < -0.39 is 145 Å². The Morgan fingerprint density at radius 1 is 0.696 bits per heavy atom. The molecule has 0 spiro atoms. The number of nitrogens with one attached hydrogen (secondary N) is 7. The molecule has 26 heteroatoms. The summed E-state index contributed by atoms with van der Waals surface area (Å²) in [6.07, 6.45) is -0.672. The summed E-state index contributed by atoms with van der Waals surface area (Å²) in [6.45, 7) is 6.61. The zero-order valence-corrected chi connectivity index (χ0v) is 40.9. The number of primary amides is 3. The number of hydrogen-bond donors (Lipinski definition) is 14. The van der Waals surface area contributed by atoms with Crippen LogP contribution in [0.15, 0.2) is 24.3 Å². The minimum absolute atomic E-state index is 0.0424. The van der Waals surface area contributed by atoms with Crippen LogP contribution >= 0.6 is 25.3 Å². The zero-order valence-electron chi connectivity index (χ0n) is 39.2. The van der Waals surface area contributed by atoms with E-state index in [-0.39, 0.29) is 49.0 Å². The van der Waals surface area contributed by atoms with E-state index in [1.807, 2.05) is 13.8 Å². The Labute approximate surface area is 411 Å². The second kappa shape index (κ2) is 29.0. The second-order valence-corrected chi connectivity index (χ2v) is 17.9. The van der Waals surface area contributed by atoms with Crippen LogP contribution < -0.4 is 60.2 Å². The molecule has 69 heavy (non-hydrogen) atoms. The van der Waals surface area contributed by atoms with Crippen molar-refractivity contribution in [2.75, 3.05) is 24.6 Å². The van der Waals surface area contributed by atoms with Crippen LogP contribution in [-0.2, 0) is 59.2 Å². The number of carbonyl (C=O) groups is 11. The molecule has 9 atom stereocenters.